The van der Waals surface area contributed by atoms with Gasteiger partial charge >= 0.3 is 0 Å². The average Bonchev–Trinajstić information content (AvgIpc) is 3.15. The van der Waals surface area contributed by atoms with Gasteiger partial charge in [0.05, 0.1) is 5.92 Å². The summed E-state index contributed by atoms with van der Waals surface area (Å²) in [6, 6.07) is 12.4. The van der Waals surface area contributed by atoms with E-state index in [1.54, 1.807) is 35.2 Å². The third-order valence-electron chi connectivity index (χ3n) is 4.88. The minimum Gasteiger partial charge on any atom is -0.484 e. The fourth-order valence-electron chi connectivity index (χ4n) is 3.24. The molecule has 1 heterocycles. The Labute approximate surface area is 189 Å². The van der Waals surface area contributed by atoms with Crippen molar-refractivity contribution in [3.8, 4) is 5.75 Å². The number of anilines is 2. The molecule has 0 aromatic heterocycles. The van der Waals surface area contributed by atoms with E-state index >= 15 is 0 Å². The molecule has 3 amide bonds. The molecule has 31 heavy (non-hydrogen) atoms. The highest BCUT2D eigenvalue weighted by Gasteiger charge is 2.34. The van der Waals surface area contributed by atoms with Gasteiger partial charge in [0.25, 0.3) is 5.91 Å². The fraction of sp³-hybridized carbons (Fsp3) is 0.261. The second-order valence-corrected chi connectivity index (χ2v) is 8.09. The minimum absolute atomic E-state index is 0.100. The Kier molecular flexibility index (Phi) is 7.46. The van der Waals surface area contributed by atoms with Crippen LogP contribution in [0, 0.1) is 12.8 Å². The number of hydrogen-bond donors (Lipinski definition) is 2. The molecule has 0 bridgehead atoms. The zero-order chi connectivity index (χ0) is 22.4. The average molecular weight is 486 g/mol. The van der Waals surface area contributed by atoms with E-state index in [1.807, 2.05) is 25.1 Å². The Morgan fingerprint density at radius 3 is 2.68 bits per heavy atom. The van der Waals surface area contributed by atoms with E-state index in [-0.39, 0.29) is 36.7 Å². The number of ether oxygens (including phenoxy) is 1. The maximum absolute atomic E-state index is 12.3. The molecule has 1 aliphatic heterocycles. The Bertz CT molecular complexity index is 991. The summed E-state index contributed by atoms with van der Waals surface area (Å²) in [4.78, 5) is 38.1. The van der Waals surface area contributed by atoms with Gasteiger partial charge in [-0.2, -0.15) is 0 Å². The fourth-order valence-corrected chi connectivity index (χ4v) is 3.49. The van der Waals surface area contributed by atoms with Crippen LogP contribution in [-0.2, 0) is 14.4 Å². The van der Waals surface area contributed by atoms with E-state index in [0.717, 1.165) is 10.0 Å². The molecule has 0 spiro atoms. The molecule has 8 heteroatoms. The lowest BCUT2D eigenvalue weighted by atomic mass is 10.1. The van der Waals surface area contributed by atoms with E-state index in [4.69, 9.17) is 4.74 Å². The van der Waals surface area contributed by atoms with Gasteiger partial charge in [-0.15, -0.1) is 6.58 Å². The number of aryl methyl sites for hydroxylation is 1. The highest BCUT2D eigenvalue weighted by molar-refractivity contribution is 9.10. The topological polar surface area (TPSA) is 87.7 Å². The Balaban J connectivity index is 1.52. The van der Waals surface area contributed by atoms with E-state index in [0.29, 0.717) is 30.2 Å². The molecular weight excluding hydrogens is 462 g/mol. The van der Waals surface area contributed by atoms with Crippen LogP contribution in [0.2, 0.25) is 0 Å². The zero-order valence-electron chi connectivity index (χ0n) is 17.2. The number of halogens is 1. The maximum atomic E-state index is 12.3. The molecule has 0 saturated carbocycles. The summed E-state index contributed by atoms with van der Waals surface area (Å²) in [6.45, 7) is 6.08. The van der Waals surface area contributed by atoms with Crippen molar-refractivity contribution in [1.82, 2.24) is 5.32 Å². The Morgan fingerprint density at radius 1 is 1.26 bits per heavy atom. The largest absolute Gasteiger partial charge is 0.484 e. The number of carbonyl (C=O) groups is 3. The SMILES string of the molecule is C=CCNC(=O)[C@H]1CC(=O)N(c2ccc(OCC(=O)Nc3ccc(Br)c(C)c3)cc2)C1. The molecule has 0 radical (unpaired) electrons. The van der Waals surface area contributed by atoms with Crippen LogP contribution in [0.25, 0.3) is 0 Å². The van der Waals surface area contributed by atoms with E-state index < -0.39 is 0 Å². The highest BCUT2D eigenvalue weighted by Crippen LogP contribution is 2.27. The molecule has 2 aromatic rings. The van der Waals surface area contributed by atoms with Crippen LogP contribution in [0.3, 0.4) is 0 Å². The standard InChI is InChI=1S/C23H24BrN3O4/c1-3-10-25-23(30)16-12-22(29)27(13-16)18-5-7-19(8-6-18)31-14-21(28)26-17-4-9-20(24)15(2)11-17/h3-9,11,16H,1,10,12-14H2,2H3,(H,25,30)(H,26,28)/t16-/m0/s1. The predicted molar refractivity (Wildman–Crippen MR) is 123 cm³/mol. The van der Waals surface area contributed by atoms with Crippen molar-refractivity contribution in [2.45, 2.75) is 13.3 Å². The van der Waals surface area contributed by atoms with Crippen LogP contribution < -0.4 is 20.3 Å². The third kappa shape index (κ3) is 5.95. The lowest BCUT2D eigenvalue weighted by molar-refractivity contribution is -0.126. The summed E-state index contributed by atoms with van der Waals surface area (Å²) in [5.74, 6) is -0.389. The zero-order valence-corrected chi connectivity index (χ0v) is 18.8. The number of rotatable bonds is 8. The first-order chi connectivity index (χ1) is 14.9. The molecule has 1 fully saturated rings. The lowest BCUT2D eigenvalue weighted by Crippen LogP contribution is -2.32. The maximum Gasteiger partial charge on any atom is 0.262 e. The summed E-state index contributed by atoms with van der Waals surface area (Å²) < 4.78 is 6.52. The second-order valence-electron chi connectivity index (χ2n) is 7.23. The normalized spacial score (nSPS) is 15.5. The van der Waals surface area contributed by atoms with Crippen molar-refractivity contribution in [2.75, 3.05) is 29.9 Å². The minimum atomic E-state index is -0.380. The quantitative estimate of drug-likeness (QED) is 0.560. The Morgan fingerprint density at radius 2 is 2.00 bits per heavy atom. The monoisotopic (exact) mass is 485 g/mol. The summed E-state index contributed by atoms with van der Waals surface area (Å²) >= 11 is 3.43. The van der Waals surface area contributed by atoms with Gasteiger partial charge in [-0.25, -0.2) is 0 Å². The van der Waals surface area contributed by atoms with Gasteiger partial charge in [0, 0.05) is 35.4 Å². The summed E-state index contributed by atoms with van der Waals surface area (Å²) in [7, 11) is 0. The number of carbonyl (C=O) groups excluding carboxylic acids is 3. The number of nitrogens with zero attached hydrogens (tertiary/aromatic N) is 1. The smallest absolute Gasteiger partial charge is 0.262 e. The lowest BCUT2D eigenvalue weighted by Gasteiger charge is -2.17. The van der Waals surface area contributed by atoms with Crippen molar-refractivity contribution in [1.29, 1.82) is 0 Å². The van der Waals surface area contributed by atoms with E-state index in [9.17, 15) is 14.4 Å². The first-order valence-corrected chi connectivity index (χ1v) is 10.6. The van der Waals surface area contributed by atoms with Gasteiger partial charge in [-0.1, -0.05) is 22.0 Å². The highest BCUT2D eigenvalue weighted by atomic mass is 79.9. The van der Waals surface area contributed by atoms with Gasteiger partial charge in [0.2, 0.25) is 11.8 Å². The molecule has 0 aliphatic carbocycles. The first-order valence-electron chi connectivity index (χ1n) is 9.85. The second kappa shape index (κ2) is 10.3. The molecule has 7 nitrogen and oxygen atoms in total. The van der Waals surface area contributed by atoms with Crippen LogP contribution in [0.1, 0.15) is 12.0 Å². The number of benzene rings is 2. The number of nitrogens with one attached hydrogen (secondary N) is 2. The van der Waals surface area contributed by atoms with Crippen LogP contribution in [-0.4, -0.2) is 37.4 Å². The van der Waals surface area contributed by atoms with Gasteiger partial charge in [-0.3, -0.25) is 14.4 Å². The molecule has 2 aromatic carbocycles. The molecule has 1 atom stereocenters. The number of amides is 3. The van der Waals surface area contributed by atoms with Crippen molar-refractivity contribution < 1.29 is 19.1 Å². The molecule has 2 N–H and O–H groups in total. The molecule has 162 valence electrons. The molecule has 3 rings (SSSR count). The van der Waals surface area contributed by atoms with Gasteiger partial charge in [-0.05, 0) is 55.0 Å². The predicted octanol–water partition coefficient (Wildman–Crippen LogP) is 3.43. The van der Waals surface area contributed by atoms with Crippen LogP contribution >= 0.6 is 15.9 Å². The van der Waals surface area contributed by atoms with Gasteiger partial charge in [0.1, 0.15) is 5.75 Å². The van der Waals surface area contributed by atoms with Crippen LogP contribution in [0.5, 0.6) is 5.75 Å². The van der Waals surface area contributed by atoms with Crippen molar-refractivity contribution in [2.24, 2.45) is 5.92 Å². The van der Waals surface area contributed by atoms with Crippen molar-refractivity contribution in [3.63, 3.8) is 0 Å². The van der Waals surface area contributed by atoms with Gasteiger partial charge in [0.15, 0.2) is 6.61 Å². The summed E-state index contributed by atoms with van der Waals surface area (Å²) in [5, 5.41) is 5.52. The van der Waals surface area contributed by atoms with E-state index in [1.165, 1.54) is 0 Å². The Hall–Kier alpha value is -3.13. The summed E-state index contributed by atoms with van der Waals surface area (Å²) in [5.41, 5.74) is 2.40. The molecule has 1 aliphatic rings. The first kappa shape index (κ1) is 22.6. The molecular formula is C23H24BrN3O4. The molecule has 1 saturated heterocycles. The van der Waals surface area contributed by atoms with Crippen LogP contribution in [0.15, 0.2) is 59.6 Å². The van der Waals surface area contributed by atoms with Crippen molar-refractivity contribution in [3.05, 3.63) is 65.2 Å². The van der Waals surface area contributed by atoms with Crippen LogP contribution in [0.4, 0.5) is 11.4 Å². The van der Waals surface area contributed by atoms with Gasteiger partial charge < -0.3 is 20.3 Å². The van der Waals surface area contributed by atoms with Crippen molar-refractivity contribution >= 4 is 45.0 Å². The third-order valence-corrected chi connectivity index (χ3v) is 5.77. The number of hydrogen-bond acceptors (Lipinski definition) is 4. The van der Waals surface area contributed by atoms with E-state index in [2.05, 4.69) is 33.1 Å². The summed E-state index contributed by atoms with van der Waals surface area (Å²) in [6.07, 6.45) is 1.78. The molecule has 0 unspecified atom stereocenters.